The van der Waals surface area contributed by atoms with Crippen LogP contribution < -0.4 is 4.90 Å². The third-order valence-electron chi connectivity index (χ3n) is 4.38. The molecule has 0 radical (unpaired) electrons. The Balaban J connectivity index is 1.88. The van der Waals surface area contributed by atoms with Gasteiger partial charge in [-0.05, 0) is 42.3 Å². The first kappa shape index (κ1) is 18.2. The lowest BCUT2D eigenvalue weighted by Gasteiger charge is -2.29. The summed E-state index contributed by atoms with van der Waals surface area (Å²) in [6.45, 7) is 5.69. The second kappa shape index (κ2) is 8.19. The fraction of sp³-hybridized carbons (Fsp3) is 0.238. The van der Waals surface area contributed by atoms with E-state index in [-0.39, 0.29) is 5.91 Å². The van der Waals surface area contributed by atoms with E-state index in [0.29, 0.717) is 11.6 Å². The van der Waals surface area contributed by atoms with Gasteiger partial charge in [-0.3, -0.25) is 9.78 Å². The van der Waals surface area contributed by atoms with Crippen molar-refractivity contribution in [2.24, 2.45) is 0 Å². The first-order valence-electron chi connectivity index (χ1n) is 8.69. The number of rotatable bonds is 5. The molecule has 0 N–H and O–H groups in total. The van der Waals surface area contributed by atoms with Crippen molar-refractivity contribution in [2.45, 2.75) is 20.4 Å². The van der Waals surface area contributed by atoms with Crippen LogP contribution in [0, 0.1) is 0 Å². The van der Waals surface area contributed by atoms with Crippen LogP contribution in [0.15, 0.2) is 61.0 Å². The first-order chi connectivity index (χ1) is 12.6. The number of halogens is 1. The lowest BCUT2D eigenvalue weighted by Crippen LogP contribution is -2.28. The summed E-state index contributed by atoms with van der Waals surface area (Å²) in [5.41, 5.74) is 4.05. The minimum absolute atomic E-state index is 0.0137. The quantitative estimate of drug-likeness (QED) is 0.779. The maximum absolute atomic E-state index is 11.8. The van der Waals surface area contributed by atoms with Crippen molar-refractivity contribution in [3.05, 3.63) is 77.1 Å². The average molecular weight is 368 g/mol. The van der Waals surface area contributed by atoms with Crippen LogP contribution >= 0.6 is 11.6 Å². The fourth-order valence-electron chi connectivity index (χ4n) is 3.14. The SMILES string of the molecule is CCN(C(C)=O)c1ccc(C2=CC=CCN2Cc2cccnc2)cc1Cl. The molecule has 3 rings (SSSR count). The van der Waals surface area contributed by atoms with E-state index >= 15 is 0 Å². The lowest BCUT2D eigenvalue weighted by molar-refractivity contribution is -0.116. The smallest absolute Gasteiger partial charge is 0.223 e. The molecule has 26 heavy (non-hydrogen) atoms. The van der Waals surface area contributed by atoms with Gasteiger partial charge in [0.1, 0.15) is 0 Å². The van der Waals surface area contributed by atoms with Gasteiger partial charge in [0.2, 0.25) is 5.91 Å². The number of pyridine rings is 1. The van der Waals surface area contributed by atoms with Crippen LogP contribution in [0.1, 0.15) is 25.0 Å². The molecule has 0 saturated heterocycles. The first-order valence-corrected chi connectivity index (χ1v) is 9.06. The van der Waals surface area contributed by atoms with Crippen LogP contribution in [0.3, 0.4) is 0 Å². The average Bonchev–Trinajstić information content (AvgIpc) is 2.65. The van der Waals surface area contributed by atoms with Gasteiger partial charge in [0.15, 0.2) is 0 Å². The van der Waals surface area contributed by atoms with Gasteiger partial charge in [-0.1, -0.05) is 35.9 Å². The third-order valence-corrected chi connectivity index (χ3v) is 4.69. The zero-order valence-electron chi connectivity index (χ0n) is 15.0. The molecular formula is C21H22ClN3O. The molecule has 1 aliphatic heterocycles. The van der Waals surface area contributed by atoms with Crippen molar-refractivity contribution >= 4 is 28.9 Å². The van der Waals surface area contributed by atoms with Gasteiger partial charge in [-0.25, -0.2) is 0 Å². The Labute approximate surface area is 159 Å². The highest BCUT2D eigenvalue weighted by Crippen LogP contribution is 2.32. The Hall–Kier alpha value is -2.59. The summed E-state index contributed by atoms with van der Waals surface area (Å²) in [5.74, 6) is -0.0137. The normalized spacial score (nSPS) is 13.5. The predicted molar refractivity (Wildman–Crippen MR) is 107 cm³/mol. The van der Waals surface area contributed by atoms with Gasteiger partial charge in [0, 0.05) is 44.6 Å². The number of anilines is 1. The molecule has 1 aromatic carbocycles. The maximum Gasteiger partial charge on any atom is 0.223 e. The fourth-order valence-corrected chi connectivity index (χ4v) is 3.42. The molecule has 0 spiro atoms. The minimum Gasteiger partial charge on any atom is -0.363 e. The van der Waals surface area contributed by atoms with E-state index in [2.05, 4.69) is 34.2 Å². The number of aromatic nitrogens is 1. The number of carbonyl (C=O) groups is 1. The van der Waals surface area contributed by atoms with Gasteiger partial charge < -0.3 is 9.80 Å². The number of hydrogen-bond acceptors (Lipinski definition) is 3. The highest BCUT2D eigenvalue weighted by atomic mass is 35.5. The molecule has 0 unspecified atom stereocenters. The topological polar surface area (TPSA) is 36.4 Å². The molecule has 5 heteroatoms. The Kier molecular flexibility index (Phi) is 5.74. The molecule has 2 heterocycles. The van der Waals surface area contributed by atoms with Crippen LogP contribution in [-0.4, -0.2) is 28.9 Å². The highest BCUT2D eigenvalue weighted by Gasteiger charge is 2.17. The van der Waals surface area contributed by atoms with Gasteiger partial charge in [0.05, 0.1) is 10.7 Å². The van der Waals surface area contributed by atoms with Crippen molar-refractivity contribution in [3.8, 4) is 0 Å². The molecule has 1 aromatic heterocycles. The molecule has 0 atom stereocenters. The van der Waals surface area contributed by atoms with Crippen LogP contribution in [0.2, 0.25) is 5.02 Å². The van der Waals surface area contributed by atoms with E-state index in [1.165, 1.54) is 0 Å². The molecule has 4 nitrogen and oxygen atoms in total. The minimum atomic E-state index is -0.0137. The van der Waals surface area contributed by atoms with Crippen molar-refractivity contribution in [3.63, 3.8) is 0 Å². The molecule has 134 valence electrons. The van der Waals surface area contributed by atoms with E-state index < -0.39 is 0 Å². The molecule has 2 aromatic rings. The Morgan fingerprint density at radius 1 is 1.35 bits per heavy atom. The Bertz CT molecular complexity index is 846. The zero-order chi connectivity index (χ0) is 18.5. The summed E-state index contributed by atoms with van der Waals surface area (Å²) >= 11 is 6.51. The standard InChI is InChI=1S/C21H22ClN3O/c1-3-25(16(2)26)21-10-9-18(13-19(21)22)20-8-4-5-12-24(20)15-17-7-6-11-23-14-17/h4-11,13-14H,3,12,15H2,1-2H3. The number of amides is 1. The Morgan fingerprint density at radius 2 is 2.19 bits per heavy atom. The second-order valence-corrected chi connectivity index (χ2v) is 6.56. The summed E-state index contributed by atoms with van der Waals surface area (Å²) in [4.78, 5) is 20.0. The summed E-state index contributed by atoms with van der Waals surface area (Å²) in [5, 5.41) is 0.580. The van der Waals surface area contributed by atoms with Crippen LogP contribution in [0.25, 0.3) is 5.70 Å². The summed E-state index contributed by atoms with van der Waals surface area (Å²) in [6.07, 6.45) is 9.95. The summed E-state index contributed by atoms with van der Waals surface area (Å²) in [6, 6.07) is 9.90. The van der Waals surface area contributed by atoms with E-state index in [4.69, 9.17) is 11.6 Å². The van der Waals surface area contributed by atoms with Crippen molar-refractivity contribution in [2.75, 3.05) is 18.0 Å². The van der Waals surface area contributed by atoms with Gasteiger partial charge in [0.25, 0.3) is 0 Å². The van der Waals surface area contributed by atoms with Crippen LogP contribution in [-0.2, 0) is 11.3 Å². The Morgan fingerprint density at radius 3 is 2.85 bits per heavy atom. The van der Waals surface area contributed by atoms with Gasteiger partial charge >= 0.3 is 0 Å². The van der Waals surface area contributed by atoms with Crippen molar-refractivity contribution in [1.29, 1.82) is 0 Å². The van der Waals surface area contributed by atoms with E-state index in [0.717, 1.165) is 35.6 Å². The third kappa shape index (κ3) is 3.97. The van der Waals surface area contributed by atoms with E-state index in [9.17, 15) is 4.79 Å². The second-order valence-electron chi connectivity index (χ2n) is 6.15. The molecular weight excluding hydrogens is 346 g/mol. The highest BCUT2D eigenvalue weighted by molar-refractivity contribution is 6.34. The number of carbonyl (C=O) groups excluding carboxylic acids is 1. The van der Waals surface area contributed by atoms with E-state index in [1.807, 2.05) is 37.4 Å². The van der Waals surface area contributed by atoms with Gasteiger partial charge in [-0.15, -0.1) is 0 Å². The largest absolute Gasteiger partial charge is 0.363 e. The predicted octanol–water partition coefficient (Wildman–Crippen LogP) is 4.52. The number of allylic oxidation sites excluding steroid dienone is 2. The monoisotopic (exact) mass is 367 g/mol. The van der Waals surface area contributed by atoms with Gasteiger partial charge in [-0.2, -0.15) is 0 Å². The molecule has 0 fully saturated rings. The van der Waals surface area contributed by atoms with Crippen molar-refractivity contribution in [1.82, 2.24) is 9.88 Å². The maximum atomic E-state index is 11.8. The molecule has 0 bridgehead atoms. The molecule has 1 aliphatic rings. The zero-order valence-corrected chi connectivity index (χ0v) is 15.8. The summed E-state index contributed by atoms with van der Waals surface area (Å²) < 4.78 is 0. The lowest BCUT2D eigenvalue weighted by atomic mass is 10.1. The molecule has 0 aliphatic carbocycles. The van der Waals surface area contributed by atoms with E-state index in [1.54, 1.807) is 18.0 Å². The number of hydrogen-bond donors (Lipinski definition) is 0. The number of nitrogens with zero attached hydrogens (tertiary/aromatic N) is 3. The molecule has 0 saturated carbocycles. The molecule has 1 amide bonds. The van der Waals surface area contributed by atoms with Crippen LogP contribution in [0.4, 0.5) is 5.69 Å². The van der Waals surface area contributed by atoms with Crippen molar-refractivity contribution < 1.29 is 4.79 Å². The summed E-state index contributed by atoms with van der Waals surface area (Å²) in [7, 11) is 0. The van der Waals surface area contributed by atoms with Crippen LogP contribution in [0.5, 0.6) is 0 Å². The number of benzene rings is 1.